The van der Waals surface area contributed by atoms with E-state index in [1.165, 1.54) is 0 Å². The van der Waals surface area contributed by atoms with Crippen molar-refractivity contribution >= 4 is 27.3 Å². The molecule has 1 heterocycles. The number of nitrogens with zero attached hydrogens (tertiary/aromatic N) is 1. The first-order valence-electron chi connectivity index (χ1n) is 1.43. The van der Waals surface area contributed by atoms with Crippen LogP contribution < -0.4 is 0 Å². The molecular formula is C3H6N2Pb. The normalized spacial score (nSPS) is 6.67. The predicted octanol–water partition coefficient (Wildman–Crippen LogP) is -0.507. The Labute approximate surface area is 56.1 Å². The predicted molar refractivity (Wildman–Crippen MR) is 27.1 cm³/mol. The second-order valence-corrected chi connectivity index (χ2v) is 0.761. The van der Waals surface area contributed by atoms with Crippen molar-refractivity contribution in [3.63, 3.8) is 0 Å². The van der Waals surface area contributed by atoms with Crippen molar-refractivity contribution in [2.45, 2.75) is 0 Å². The van der Waals surface area contributed by atoms with E-state index in [-0.39, 0.29) is 27.3 Å². The van der Waals surface area contributed by atoms with Gasteiger partial charge in [0, 0.05) is 12.4 Å². The molecule has 0 atom stereocenters. The minimum absolute atomic E-state index is 0. The Morgan fingerprint density at radius 3 is 2.50 bits per heavy atom. The summed E-state index contributed by atoms with van der Waals surface area (Å²) in [5.74, 6) is 0. The number of hydrogen-bond acceptors (Lipinski definition) is 1. The molecule has 2 nitrogen and oxygen atoms in total. The zero-order valence-electron chi connectivity index (χ0n) is 3.39. The summed E-state index contributed by atoms with van der Waals surface area (Å²) in [6.45, 7) is 0. The van der Waals surface area contributed by atoms with Crippen molar-refractivity contribution in [2.24, 2.45) is 0 Å². The van der Waals surface area contributed by atoms with E-state index in [9.17, 15) is 0 Å². The molecule has 0 bridgehead atoms. The number of aromatic amines is 1. The van der Waals surface area contributed by atoms with Gasteiger partial charge in [0.25, 0.3) is 0 Å². The van der Waals surface area contributed by atoms with Gasteiger partial charge in [0.15, 0.2) is 0 Å². The van der Waals surface area contributed by atoms with Gasteiger partial charge < -0.3 is 4.98 Å². The minimum atomic E-state index is 0. The first kappa shape index (κ1) is 6.13. The van der Waals surface area contributed by atoms with Crippen molar-refractivity contribution in [3.05, 3.63) is 18.7 Å². The van der Waals surface area contributed by atoms with Crippen molar-refractivity contribution in [1.82, 2.24) is 9.97 Å². The van der Waals surface area contributed by atoms with Crippen LogP contribution in [0.15, 0.2) is 18.7 Å². The maximum Gasteiger partial charge on any atom is 0.0919 e. The van der Waals surface area contributed by atoms with Gasteiger partial charge in [-0.1, -0.05) is 0 Å². The Kier molecular flexibility index (Phi) is 3.40. The van der Waals surface area contributed by atoms with Crippen LogP contribution in [0, 0.1) is 0 Å². The average Bonchev–Trinajstić information content (AvgIpc) is 1.76. The zero-order valence-corrected chi connectivity index (χ0v) is 8.88. The van der Waals surface area contributed by atoms with E-state index in [1.807, 2.05) is 0 Å². The molecule has 1 aromatic rings. The molecule has 2 radical (unpaired) electrons. The third-order valence-electron chi connectivity index (χ3n) is 0.406. The molecule has 0 aromatic carbocycles. The number of imidazole rings is 1. The van der Waals surface area contributed by atoms with Crippen LogP contribution in [0.2, 0.25) is 0 Å². The fourth-order valence-corrected chi connectivity index (χ4v) is 0.215. The van der Waals surface area contributed by atoms with E-state index in [2.05, 4.69) is 9.97 Å². The van der Waals surface area contributed by atoms with Crippen LogP contribution in [0.3, 0.4) is 0 Å². The Hall–Kier alpha value is 0.132. The van der Waals surface area contributed by atoms with Gasteiger partial charge in [-0.3, -0.25) is 0 Å². The van der Waals surface area contributed by atoms with Gasteiger partial charge >= 0.3 is 27.3 Å². The van der Waals surface area contributed by atoms with E-state index < -0.39 is 0 Å². The van der Waals surface area contributed by atoms with Crippen molar-refractivity contribution in [2.75, 3.05) is 0 Å². The van der Waals surface area contributed by atoms with E-state index in [0.29, 0.717) is 0 Å². The van der Waals surface area contributed by atoms with Crippen LogP contribution in [0.5, 0.6) is 0 Å². The largest absolute Gasteiger partial charge is 0.351 e. The Morgan fingerprint density at radius 2 is 2.33 bits per heavy atom. The topological polar surface area (TPSA) is 28.7 Å². The molecule has 0 amide bonds. The molecule has 0 spiro atoms. The summed E-state index contributed by atoms with van der Waals surface area (Å²) in [4.78, 5) is 6.42. The summed E-state index contributed by atoms with van der Waals surface area (Å²) >= 11 is 0. The summed E-state index contributed by atoms with van der Waals surface area (Å²) in [6.07, 6.45) is 5.08. The van der Waals surface area contributed by atoms with E-state index in [1.54, 1.807) is 18.7 Å². The van der Waals surface area contributed by atoms with E-state index in [4.69, 9.17) is 0 Å². The molecule has 3 heteroatoms. The van der Waals surface area contributed by atoms with Gasteiger partial charge in [-0.05, 0) is 0 Å². The summed E-state index contributed by atoms with van der Waals surface area (Å²) in [5.41, 5.74) is 0. The molecule has 6 heavy (non-hydrogen) atoms. The standard InChI is InChI=1S/C3H4N2.Pb.2H/c1-2-5-3-4-1;;;/h1-3H,(H,4,5);;;. The summed E-state index contributed by atoms with van der Waals surface area (Å²) in [6, 6.07) is 0. The Balaban J connectivity index is 0.000000250. The Morgan fingerprint density at radius 1 is 1.50 bits per heavy atom. The van der Waals surface area contributed by atoms with Gasteiger partial charge in [-0.2, -0.15) is 0 Å². The molecule has 1 rings (SSSR count). The SMILES string of the molecule is [PbH2].c1c[nH]cn1. The molecule has 1 N–H and O–H groups in total. The summed E-state index contributed by atoms with van der Waals surface area (Å²) in [5, 5.41) is 0. The van der Waals surface area contributed by atoms with Crippen LogP contribution in [0.25, 0.3) is 0 Å². The van der Waals surface area contributed by atoms with Crippen LogP contribution in [0.1, 0.15) is 0 Å². The van der Waals surface area contributed by atoms with Gasteiger partial charge in [0.05, 0.1) is 6.33 Å². The molecule has 1 aromatic heterocycles. The number of rotatable bonds is 0. The van der Waals surface area contributed by atoms with Crippen LogP contribution in [-0.2, 0) is 0 Å². The number of H-pyrrole nitrogens is 1. The third kappa shape index (κ3) is 1.54. The second-order valence-electron chi connectivity index (χ2n) is 0.761. The first-order chi connectivity index (χ1) is 2.50. The maximum atomic E-state index is 3.67. The van der Waals surface area contributed by atoms with Crippen molar-refractivity contribution < 1.29 is 0 Å². The zero-order chi connectivity index (χ0) is 3.54. The van der Waals surface area contributed by atoms with Crippen LogP contribution in [-0.4, -0.2) is 37.3 Å². The summed E-state index contributed by atoms with van der Waals surface area (Å²) < 4.78 is 0. The minimum Gasteiger partial charge on any atom is -0.351 e. The molecule has 0 unspecified atom stereocenters. The van der Waals surface area contributed by atoms with Gasteiger partial charge in [-0.15, -0.1) is 0 Å². The number of aromatic nitrogens is 2. The van der Waals surface area contributed by atoms with Crippen molar-refractivity contribution in [1.29, 1.82) is 0 Å². The molecule has 0 saturated carbocycles. The van der Waals surface area contributed by atoms with Crippen LogP contribution in [0.4, 0.5) is 0 Å². The number of nitrogens with one attached hydrogen (secondary N) is 1. The molecular weight excluding hydrogens is 271 g/mol. The fourth-order valence-electron chi connectivity index (χ4n) is 0.215. The Bertz CT molecular complexity index is 65.3. The quantitative estimate of drug-likeness (QED) is 0.636. The second kappa shape index (κ2) is 3.33. The molecule has 0 saturated heterocycles. The first-order valence-corrected chi connectivity index (χ1v) is 1.43. The monoisotopic (exact) mass is 278 g/mol. The molecule has 0 aliphatic heterocycles. The fraction of sp³-hybridized carbons (Fsp3) is 0. The van der Waals surface area contributed by atoms with Crippen molar-refractivity contribution in [3.8, 4) is 0 Å². The summed E-state index contributed by atoms with van der Waals surface area (Å²) in [7, 11) is 0. The van der Waals surface area contributed by atoms with Gasteiger partial charge in [0.1, 0.15) is 0 Å². The van der Waals surface area contributed by atoms with Gasteiger partial charge in [-0.25, -0.2) is 4.98 Å². The molecule has 0 aliphatic rings. The molecule has 32 valence electrons. The molecule has 0 aliphatic carbocycles. The molecule has 0 fully saturated rings. The van der Waals surface area contributed by atoms with E-state index in [0.717, 1.165) is 0 Å². The van der Waals surface area contributed by atoms with Crippen LogP contribution >= 0.6 is 0 Å². The third-order valence-corrected chi connectivity index (χ3v) is 0.406. The van der Waals surface area contributed by atoms with Gasteiger partial charge in [0.2, 0.25) is 0 Å². The number of hydrogen-bond donors (Lipinski definition) is 1. The average molecular weight is 277 g/mol. The maximum absolute atomic E-state index is 3.67. The van der Waals surface area contributed by atoms with E-state index >= 15 is 0 Å². The smallest absolute Gasteiger partial charge is 0.0919 e.